The summed E-state index contributed by atoms with van der Waals surface area (Å²) >= 11 is 2.06. The molecule has 0 aliphatic carbocycles. The van der Waals surface area contributed by atoms with Gasteiger partial charge in [-0.05, 0) is 35.1 Å². The summed E-state index contributed by atoms with van der Waals surface area (Å²) in [5.41, 5.74) is 0.624. The molecule has 0 aromatic carbocycles. The lowest BCUT2D eigenvalue weighted by atomic mass is 10.2. The third-order valence-corrected chi connectivity index (χ3v) is 2.50. The van der Waals surface area contributed by atoms with Crippen LogP contribution in [0.4, 0.5) is 0 Å². The zero-order valence-corrected chi connectivity index (χ0v) is 9.69. The molecule has 2 N–H and O–H groups in total. The van der Waals surface area contributed by atoms with E-state index in [4.69, 9.17) is 5.11 Å². The van der Waals surface area contributed by atoms with E-state index in [0.29, 0.717) is 18.5 Å². The van der Waals surface area contributed by atoms with E-state index in [1.54, 1.807) is 18.5 Å². The first kappa shape index (κ1) is 11.4. The zero-order valence-electron chi connectivity index (χ0n) is 7.53. The van der Waals surface area contributed by atoms with E-state index in [1.807, 2.05) is 0 Å². The molecule has 1 rings (SSSR count). The first-order valence-corrected chi connectivity index (χ1v) is 5.32. The van der Waals surface area contributed by atoms with Gasteiger partial charge in [-0.25, -0.2) is 0 Å². The lowest BCUT2D eigenvalue weighted by Gasteiger charge is -2.04. The van der Waals surface area contributed by atoms with Crippen molar-refractivity contribution in [3.8, 4) is 0 Å². The molecule has 5 heteroatoms. The lowest BCUT2D eigenvalue weighted by Crippen LogP contribution is -2.25. The van der Waals surface area contributed by atoms with E-state index in [1.165, 1.54) is 0 Å². The Morgan fingerprint density at radius 1 is 1.64 bits per heavy atom. The highest BCUT2D eigenvalue weighted by Crippen LogP contribution is 2.09. The summed E-state index contributed by atoms with van der Waals surface area (Å²) in [5, 5.41) is 11.3. The maximum absolute atomic E-state index is 11.5. The second-order valence-electron chi connectivity index (χ2n) is 2.69. The predicted molar refractivity (Wildman–Crippen MR) is 61.0 cm³/mol. The quantitative estimate of drug-likeness (QED) is 0.639. The van der Waals surface area contributed by atoms with Crippen LogP contribution in [0.15, 0.2) is 18.5 Å². The Balaban J connectivity index is 2.56. The molecule has 14 heavy (non-hydrogen) atoms. The van der Waals surface area contributed by atoms with Gasteiger partial charge in [0.15, 0.2) is 0 Å². The summed E-state index contributed by atoms with van der Waals surface area (Å²) in [6.45, 7) is 0.585. The highest BCUT2D eigenvalue weighted by atomic mass is 127. The first-order chi connectivity index (χ1) is 6.75. The molecule has 0 aliphatic rings. The Labute approximate surface area is 95.9 Å². The second kappa shape index (κ2) is 5.92. The highest BCUT2D eigenvalue weighted by molar-refractivity contribution is 14.1. The van der Waals surface area contributed by atoms with Gasteiger partial charge in [-0.2, -0.15) is 0 Å². The maximum Gasteiger partial charge on any atom is 0.252 e. The number of halogens is 1. The van der Waals surface area contributed by atoms with Crippen molar-refractivity contribution in [3.05, 3.63) is 27.6 Å². The molecule has 0 spiro atoms. The largest absolute Gasteiger partial charge is 0.396 e. The number of amides is 1. The summed E-state index contributed by atoms with van der Waals surface area (Å²) < 4.78 is 0.826. The van der Waals surface area contributed by atoms with Crippen LogP contribution in [0.5, 0.6) is 0 Å². The monoisotopic (exact) mass is 306 g/mol. The van der Waals surface area contributed by atoms with E-state index in [0.717, 1.165) is 3.57 Å². The molecule has 4 nitrogen and oxygen atoms in total. The molecule has 0 saturated heterocycles. The Bertz CT molecular complexity index is 317. The molecule has 76 valence electrons. The molecular weight excluding hydrogens is 295 g/mol. The smallest absolute Gasteiger partial charge is 0.252 e. The van der Waals surface area contributed by atoms with E-state index < -0.39 is 0 Å². The zero-order chi connectivity index (χ0) is 10.4. The van der Waals surface area contributed by atoms with Crippen LogP contribution in [-0.2, 0) is 0 Å². The average molecular weight is 306 g/mol. The van der Waals surface area contributed by atoms with Gasteiger partial charge in [0.05, 0.1) is 5.56 Å². The molecule has 0 atom stereocenters. The fourth-order valence-electron chi connectivity index (χ4n) is 0.936. The fourth-order valence-corrected chi connectivity index (χ4v) is 1.52. The van der Waals surface area contributed by atoms with Crippen molar-refractivity contribution in [3.63, 3.8) is 0 Å². The minimum absolute atomic E-state index is 0.0910. The van der Waals surface area contributed by atoms with Gasteiger partial charge < -0.3 is 10.4 Å². The SMILES string of the molecule is O=C(NCCCO)c1ccncc1I. The van der Waals surface area contributed by atoms with Gasteiger partial charge in [0.2, 0.25) is 0 Å². The number of pyridine rings is 1. The Hall–Kier alpha value is -0.690. The number of nitrogens with one attached hydrogen (secondary N) is 1. The van der Waals surface area contributed by atoms with Crippen molar-refractivity contribution in [2.24, 2.45) is 0 Å². The molecule has 0 aliphatic heterocycles. The van der Waals surface area contributed by atoms with Crippen LogP contribution in [0.3, 0.4) is 0 Å². The van der Waals surface area contributed by atoms with Crippen molar-refractivity contribution in [2.75, 3.05) is 13.2 Å². The molecule has 0 fully saturated rings. The number of carbonyl (C=O) groups excluding carboxylic acids is 1. The molecule has 1 amide bonds. The van der Waals surface area contributed by atoms with Gasteiger partial charge >= 0.3 is 0 Å². The number of hydrogen-bond acceptors (Lipinski definition) is 3. The number of hydrogen-bond donors (Lipinski definition) is 2. The molecule has 1 aromatic rings. The summed E-state index contributed by atoms with van der Waals surface area (Å²) in [6, 6.07) is 1.68. The topological polar surface area (TPSA) is 62.2 Å². The summed E-state index contributed by atoms with van der Waals surface area (Å²) in [4.78, 5) is 15.4. The summed E-state index contributed by atoms with van der Waals surface area (Å²) in [7, 11) is 0. The molecule has 0 radical (unpaired) electrons. The molecule has 0 unspecified atom stereocenters. The molecule has 0 saturated carbocycles. The number of nitrogens with zero attached hydrogens (tertiary/aromatic N) is 1. The van der Waals surface area contributed by atoms with Crippen molar-refractivity contribution in [1.82, 2.24) is 10.3 Å². The molecule has 1 heterocycles. The van der Waals surface area contributed by atoms with Crippen molar-refractivity contribution in [1.29, 1.82) is 0 Å². The van der Waals surface area contributed by atoms with Gasteiger partial charge in [0.25, 0.3) is 5.91 Å². The van der Waals surface area contributed by atoms with E-state index in [-0.39, 0.29) is 12.5 Å². The highest BCUT2D eigenvalue weighted by Gasteiger charge is 2.07. The number of aromatic nitrogens is 1. The lowest BCUT2D eigenvalue weighted by molar-refractivity contribution is 0.0950. The first-order valence-electron chi connectivity index (χ1n) is 4.24. The number of aliphatic hydroxyl groups is 1. The van der Waals surface area contributed by atoms with Crippen LogP contribution in [0.1, 0.15) is 16.8 Å². The van der Waals surface area contributed by atoms with Crippen molar-refractivity contribution < 1.29 is 9.90 Å². The van der Waals surface area contributed by atoms with Gasteiger partial charge in [0.1, 0.15) is 0 Å². The van der Waals surface area contributed by atoms with E-state index in [2.05, 4.69) is 32.9 Å². The minimum atomic E-state index is -0.120. The van der Waals surface area contributed by atoms with Crippen molar-refractivity contribution in [2.45, 2.75) is 6.42 Å². The van der Waals surface area contributed by atoms with Crippen LogP contribution in [0.2, 0.25) is 0 Å². The van der Waals surface area contributed by atoms with Gasteiger partial charge in [-0.1, -0.05) is 0 Å². The minimum Gasteiger partial charge on any atom is -0.396 e. The number of rotatable bonds is 4. The van der Waals surface area contributed by atoms with Crippen LogP contribution in [0, 0.1) is 3.57 Å². The second-order valence-corrected chi connectivity index (χ2v) is 3.85. The van der Waals surface area contributed by atoms with Crippen LogP contribution < -0.4 is 5.32 Å². The van der Waals surface area contributed by atoms with Crippen LogP contribution in [0.25, 0.3) is 0 Å². The third kappa shape index (κ3) is 3.22. The van der Waals surface area contributed by atoms with Gasteiger partial charge in [0, 0.05) is 29.1 Å². The van der Waals surface area contributed by atoms with Crippen LogP contribution in [-0.4, -0.2) is 29.1 Å². The molecular formula is C9H11IN2O2. The number of carbonyl (C=O) groups is 1. The van der Waals surface area contributed by atoms with Crippen molar-refractivity contribution >= 4 is 28.5 Å². The maximum atomic E-state index is 11.5. The van der Waals surface area contributed by atoms with Gasteiger partial charge in [-0.15, -0.1) is 0 Å². The fraction of sp³-hybridized carbons (Fsp3) is 0.333. The molecule has 0 bridgehead atoms. The normalized spacial score (nSPS) is 9.86. The standard InChI is InChI=1S/C9H11IN2O2/c10-8-6-11-4-2-7(8)9(14)12-3-1-5-13/h2,4,6,13H,1,3,5H2,(H,12,14). The predicted octanol–water partition coefficient (Wildman–Crippen LogP) is 0.798. The molecule has 1 aromatic heterocycles. The van der Waals surface area contributed by atoms with E-state index in [9.17, 15) is 4.79 Å². The van der Waals surface area contributed by atoms with E-state index >= 15 is 0 Å². The summed E-state index contributed by atoms with van der Waals surface area (Å²) in [6.07, 6.45) is 3.80. The Morgan fingerprint density at radius 2 is 2.43 bits per heavy atom. The number of aliphatic hydroxyl groups excluding tert-OH is 1. The summed E-state index contributed by atoms with van der Waals surface area (Å²) in [5.74, 6) is -0.120. The van der Waals surface area contributed by atoms with Crippen LogP contribution >= 0.6 is 22.6 Å². The average Bonchev–Trinajstić information content (AvgIpc) is 2.18. The third-order valence-electron chi connectivity index (χ3n) is 1.64. The Kier molecular flexibility index (Phi) is 4.81. The van der Waals surface area contributed by atoms with Gasteiger partial charge in [-0.3, -0.25) is 9.78 Å². The Morgan fingerprint density at radius 3 is 3.07 bits per heavy atom.